The summed E-state index contributed by atoms with van der Waals surface area (Å²) >= 11 is 0. The van der Waals surface area contributed by atoms with Crippen LogP contribution in [0.5, 0.6) is 0 Å². The van der Waals surface area contributed by atoms with E-state index >= 15 is 0 Å². The van der Waals surface area contributed by atoms with Gasteiger partial charge >= 0.3 is 5.97 Å². The normalized spacial score (nSPS) is 11.8. The smallest absolute Gasteiger partial charge is 0.306 e. The molecule has 2 heterocycles. The topological polar surface area (TPSA) is 155 Å². The van der Waals surface area contributed by atoms with Crippen molar-refractivity contribution >= 4 is 28.8 Å². The number of hydrogen-bond acceptors (Lipinski definition) is 7. The lowest BCUT2D eigenvalue weighted by Gasteiger charge is -2.12. The number of nitrogens with one attached hydrogen (secondary N) is 2. The highest BCUT2D eigenvalue weighted by atomic mass is 16.4. The minimum atomic E-state index is -1.08. The summed E-state index contributed by atoms with van der Waals surface area (Å²) in [5, 5.41) is 12.2. The molecule has 1 aromatic carbocycles. The quantitative estimate of drug-likeness (QED) is 0.334. The van der Waals surface area contributed by atoms with Crippen LogP contribution in [0.25, 0.3) is 11.2 Å². The van der Waals surface area contributed by atoms with E-state index in [9.17, 15) is 24.3 Å². The van der Waals surface area contributed by atoms with Gasteiger partial charge in [-0.25, -0.2) is 15.0 Å². The second kappa shape index (κ2) is 12.0. The Balaban J connectivity index is 1.57. The van der Waals surface area contributed by atoms with Crippen molar-refractivity contribution in [3.05, 3.63) is 63.5 Å². The molecule has 2 aromatic heterocycles. The monoisotopic (exact) mass is 479 g/mol. The van der Waals surface area contributed by atoms with Crippen molar-refractivity contribution in [3.8, 4) is 0 Å². The molecule has 10 nitrogen and oxygen atoms in total. The summed E-state index contributed by atoms with van der Waals surface area (Å²) < 4.78 is 0. The van der Waals surface area contributed by atoms with Crippen LogP contribution in [0.1, 0.15) is 60.0 Å². The molecule has 184 valence electrons. The van der Waals surface area contributed by atoms with E-state index in [1.807, 2.05) is 19.1 Å². The molecule has 0 unspecified atom stereocenters. The summed E-state index contributed by atoms with van der Waals surface area (Å²) in [5.41, 5.74) is 2.21. The van der Waals surface area contributed by atoms with Crippen molar-refractivity contribution in [3.63, 3.8) is 0 Å². The van der Waals surface area contributed by atoms with Crippen molar-refractivity contribution in [2.45, 2.75) is 52.4 Å². The van der Waals surface area contributed by atoms with Crippen molar-refractivity contribution in [1.29, 1.82) is 0 Å². The van der Waals surface area contributed by atoms with Crippen LogP contribution in [0.15, 0.2) is 35.3 Å². The molecule has 0 bridgehead atoms. The first-order chi connectivity index (χ1) is 16.8. The average Bonchev–Trinajstić information content (AvgIpc) is 2.84. The lowest BCUT2D eigenvalue weighted by molar-refractivity contribution is -0.142. The van der Waals surface area contributed by atoms with Crippen LogP contribution in [0.3, 0.4) is 0 Å². The summed E-state index contributed by atoms with van der Waals surface area (Å²) in [4.78, 5) is 63.4. The van der Waals surface area contributed by atoms with E-state index in [0.717, 1.165) is 12.0 Å². The first-order valence-electron chi connectivity index (χ1n) is 11.6. The highest BCUT2D eigenvalue weighted by Crippen LogP contribution is 2.17. The molecule has 3 N–H and O–H groups in total. The third-order valence-electron chi connectivity index (χ3n) is 5.60. The fourth-order valence-corrected chi connectivity index (χ4v) is 3.63. The van der Waals surface area contributed by atoms with Crippen LogP contribution < -0.4 is 10.9 Å². The zero-order chi connectivity index (χ0) is 25.4. The Kier molecular flexibility index (Phi) is 8.77. The third-order valence-corrected chi connectivity index (χ3v) is 5.60. The summed E-state index contributed by atoms with van der Waals surface area (Å²) in [6.45, 7) is 4.16. The first kappa shape index (κ1) is 25.7. The number of carboxylic acid groups (broad SMARTS) is 1. The Morgan fingerprint density at radius 2 is 1.86 bits per heavy atom. The fraction of sp³-hybridized carbons (Fsp3) is 0.400. The van der Waals surface area contributed by atoms with Crippen LogP contribution >= 0.6 is 0 Å². The molecule has 0 aliphatic heterocycles. The Labute approximate surface area is 202 Å². The van der Waals surface area contributed by atoms with Crippen LogP contribution in [0.2, 0.25) is 0 Å². The maximum atomic E-state index is 12.6. The number of fused-ring (bicyclic) bond motifs is 1. The maximum Gasteiger partial charge on any atom is 0.306 e. The van der Waals surface area contributed by atoms with Gasteiger partial charge in [-0.2, -0.15) is 0 Å². The van der Waals surface area contributed by atoms with Crippen LogP contribution in [0.4, 0.5) is 0 Å². The van der Waals surface area contributed by atoms with Crippen LogP contribution in [-0.2, 0) is 22.4 Å². The predicted molar refractivity (Wildman–Crippen MR) is 129 cm³/mol. The van der Waals surface area contributed by atoms with E-state index in [1.54, 1.807) is 25.3 Å². The molecule has 3 aromatic rings. The first-order valence-corrected chi connectivity index (χ1v) is 11.6. The lowest BCUT2D eigenvalue weighted by Crippen LogP contribution is -2.26. The van der Waals surface area contributed by atoms with Gasteiger partial charge in [-0.05, 0) is 38.2 Å². The van der Waals surface area contributed by atoms with Crippen LogP contribution in [-0.4, -0.2) is 49.2 Å². The molecular weight excluding hydrogens is 450 g/mol. The van der Waals surface area contributed by atoms with E-state index < -0.39 is 11.9 Å². The number of H-pyrrole nitrogens is 1. The number of Topliss-reactive ketones (excluding diaryl/α,β-unsaturated/α-hetero) is 1. The standard InChI is InChI=1S/C25H29N5O5/c1-3-12-26-21(32)11-9-18(25(34)35)13-20(31)17-7-4-16(5-8-17)6-10-19-14-27-23-22(30-19)24(33)29-15(2)28-23/h4-5,7-8,14,18H,3,6,9-13H2,1-2H3,(H,26,32)(H,34,35)(H,27,28,29,33)/t18-/m0/s1. The zero-order valence-corrected chi connectivity index (χ0v) is 19.8. The Hall–Kier alpha value is -3.95. The van der Waals surface area contributed by atoms with Gasteiger partial charge in [0.2, 0.25) is 5.91 Å². The number of carbonyl (C=O) groups is 3. The molecule has 3 rings (SSSR count). The number of hydrogen-bond donors (Lipinski definition) is 3. The molecule has 0 fully saturated rings. The molecular formula is C25H29N5O5. The molecule has 0 saturated carbocycles. The second-order valence-corrected chi connectivity index (χ2v) is 8.43. The van der Waals surface area contributed by atoms with E-state index in [-0.39, 0.29) is 42.0 Å². The van der Waals surface area contributed by atoms with Gasteiger partial charge < -0.3 is 15.4 Å². The van der Waals surface area contributed by atoms with E-state index in [1.165, 1.54) is 0 Å². The lowest BCUT2D eigenvalue weighted by atomic mass is 9.93. The fourth-order valence-electron chi connectivity index (χ4n) is 3.63. The van der Waals surface area contributed by atoms with Gasteiger partial charge in [0.05, 0.1) is 17.8 Å². The number of rotatable bonds is 12. The largest absolute Gasteiger partial charge is 0.481 e. The summed E-state index contributed by atoms with van der Waals surface area (Å²) in [7, 11) is 0. The number of benzene rings is 1. The Morgan fingerprint density at radius 1 is 1.11 bits per heavy atom. The highest BCUT2D eigenvalue weighted by Gasteiger charge is 2.23. The van der Waals surface area contributed by atoms with Crippen molar-refractivity contribution in [1.82, 2.24) is 25.3 Å². The summed E-state index contributed by atoms with van der Waals surface area (Å²) in [6.07, 6.45) is 3.59. The zero-order valence-electron chi connectivity index (χ0n) is 19.8. The molecule has 10 heteroatoms. The number of carboxylic acids is 1. The minimum absolute atomic E-state index is 0.0718. The average molecular weight is 480 g/mol. The second-order valence-electron chi connectivity index (χ2n) is 8.43. The predicted octanol–water partition coefficient (Wildman–Crippen LogP) is 2.39. The van der Waals surface area contributed by atoms with Crippen molar-refractivity contribution in [2.75, 3.05) is 6.54 Å². The van der Waals surface area contributed by atoms with Crippen molar-refractivity contribution < 1.29 is 19.5 Å². The number of aromatic amines is 1. The number of ketones is 1. The molecule has 0 aliphatic carbocycles. The van der Waals surface area contributed by atoms with E-state index in [4.69, 9.17) is 0 Å². The van der Waals surface area contributed by atoms with Gasteiger partial charge in [0.25, 0.3) is 5.56 Å². The Morgan fingerprint density at radius 3 is 2.54 bits per heavy atom. The number of amides is 1. The molecule has 35 heavy (non-hydrogen) atoms. The van der Waals surface area contributed by atoms with Gasteiger partial charge in [-0.3, -0.25) is 19.2 Å². The maximum absolute atomic E-state index is 12.6. The third kappa shape index (κ3) is 7.26. The van der Waals surface area contributed by atoms with Gasteiger partial charge in [0.1, 0.15) is 5.82 Å². The molecule has 0 saturated heterocycles. The molecule has 0 spiro atoms. The van der Waals surface area contributed by atoms with E-state index in [2.05, 4.69) is 25.3 Å². The summed E-state index contributed by atoms with van der Waals surface area (Å²) in [5.74, 6) is -2.00. The number of carbonyl (C=O) groups excluding carboxylic acids is 2. The molecule has 0 aliphatic rings. The number of nitrogens with zero attached hydrogens (tertiary/aromatic N) is 3. The van der Waals surface area contributed by atoms with Crippen molar-refractivity contribution in [2.24, 2.45) is 5.92 Å². The molecule has 1 amide bonds. The van der Waals surface area contributed by atoms with E-state index in [0.29, 0.717) is 42.1 Å². The van der Waals surface area contributed by atoms with Crippen LogP contribution in [0, 0.1) is 12.8 Å². The SMILES string of the molecule is CCCNC(=O)CC[C@@H](CC(=O)c1ccc(CCc2cnc3nc(C)[nH]c(=O)c3n2)cc1)C(=O)O. The highest BCUT2D eigenvalue weighted by molar-refractivity contribution is 5.98. The molecule has 1 atom stereocenters. The Bertz CT molecular complexity index is 1270. The number of aromatic nitrogens is 4. The van der Waals surface area contributed by atoms with Gasteiger partial charge in [-0.1, -0.05) is 31.2 Å². The number of aliphatic carboxylic acids is 1. The minimum Gasteiger partial charge on any atom is -0.481 e. The summed E-state index contributed by atoms with van der Waals surface area (Å²) in [6, 6.07) is 6.98. The molecule has 0 radical (unpaired) electrons. The van der Waals surface area contributed by atoms with Gasteiger partial charge in [-0.15, -0.1) is 0 Å². The number of aryl methyl sites for hydroxylation is 3. The van der Waals surface area contributed by atoms with Gasteiger partial charge in [0.15, 0.2) is 16.9 Å². The van der Waals surface area contributed by atoms with Gasteiger partial charge in [0, 0.05) is 24.9 Å².